The summed E-state index contributed by atoms with van der Waals surface area (Å²) < 4.78 is 2.07. The molecule has 0 atom stereocenters. The van der Waals surface area contributed by atoms with E-state index in [-0.39, 0.29) is 0 Å². The molecular formula is C10H12N4. The minimum absolute atomic E-state index is 0.415. The highest BCUT2D eigenvalue weighted by Gasteiger charge is 2.36. The summed E-state index contributed by atoms with van der Waals surface area (Å²) in [5.41, 5.74) is 2.18. The zero-order valence-electron chi connectivity index (χ0n) is 7.98. The molecule has 2 fully saturated rings. The molecule has 2 aliphatic carbocycles. The molecule has 1 aromatic rings. The zero-order chi connectivity index (χ0) is 9.54. The second kappa shape index (κ2) is 2.81. The van der Waals surface area contributed by atoms with Gasteiger partial charge in [0.25, 0.3) is 0 Å². The number of aromatic nitrogens is 3. The van der Waals surface area contributed by atoms with E-state index < -0.39 is 0 Å². The smallest absolute Gasteiger partial charge is 0.100 e. The van der Waals surface area contributed by atoms with Gasteiger partial charge < -0.3 is 0 Å². The van der Waals surface area contributed by atoms with Gasteiger partial charge in [-0.15, -0.1) is 5.10 Å². The van der Waals surface area contributed by atoms with Crippen LogP contribution in [0.2, 0.25) is 0 Å². The topological polar surface area (TPSA) is 54.5 Å². The number of hydrogen-bond donors (Lipinski definition) is 0. The minimum Gasteiger partial charge on any atom is -0.246 e. The molecule has 72 valence electrons. The number of hydrogen-bond acceptors (Lipinski definition) is 3. The van der Waals surface area contributed by atoms with Gasteiger partial charge in [0.2, 0.25) is 0 Å². The van der Waals surface area contributed by atoms with Gasteiger partial charge in [-0.25, -0.2) is 4.68 Å². The van der Waals surface area contributed by atoms with Crippen molar-refractivity contribution in [3.63, 3.8) is 0 Å². The zero-order valence-corrected chi connectivity index (χ0v) is 7.98. The molecule has 4 heteroatoms. The Bertz CT molecular complexity index is 393. The second-order valence-corrected chi connectivity index (χ2v) is 4.21. The van der Waals surface area contributed by atoms with E-state index in [1.54, 1.807) is 0 Å². The third kappa shape index (κ3) is 1.20. The van der Waals surface area contributed by atoms with E-state index in [0.717, 1.165) is 5.69 Å². The quantitative estimate of drug-likeness (QED) is 0.723. The highest BCUT2D eigenvalue weighted by molar-refractivity contribution is 5.24. The van der Waals surface area contributed by atoms with Crippen molar-refractivity contribution >= 4 is 0 Å². The van der Waals surface area contributed by atoms with Crippen LogP contribution in [0.1, 0.15) is 49.0 Å². The summed E-state index contributed by atoms with van der Waals surface area (Å²) >= 11 is 0. The van der Waals surface area contributed by atoms with Crippen molar-refractivity contribution in [2.24, 2.45) is 0 Å². The Kier molecular flexibility index (Phi) is 1.60. The monoisotopic (exact) mass is 188 g/mol. The molecule has 2 saturated carbocycles. The van der Waals surface area contributed by atoms with Crippen molar-refractivity contribution in [1.29, 1.82) is 5.26 Å². The third-order valence-electron chi connectivity index (χ3n) is 2.91. The fourth-order valence-corrected chi connectivity index (χ4v) is 1.90. The molecule has 1 heterocycles. The molecule has 2 aliphatic rings. The van der Waals surface area contributed by atoms with E-state index in [1.807, 2.05) is 0 Å². The third-order valence-corrected chi connectivity index (χ3v) is 2.91. The summed E-state index contributed by atoms with van der Waals surface area (Å²) in [6.45, 7) is 0. The summed E-state index contributed by atoms with van der Waals surface area (Å²) in [4.78, 5) is 0. The maximum Gasteiger partial charge on any atom is 0.100 e. The number of nitrogens with zero attached hydrogens (tertiary/aromatic N) is 4. The van der Waals surface area contributed by atoms with E-state index in [1.165, 1.54) is 31.4 Å². The molecule has 0 unspecified atom stereocenters. The Morgan fingerprint density at radius 2 is 2.14 bits per heavy atom. The van der Waals surface area contributed by atoms with Crippen LogP contribution in [-0.4, -0.2) is 15.0 Å². The molecule has 0 spiro atoms. The van der Waals surface area contributed by atoms with Crippen LogP contribution in [0.25, 0.3) is 0 Å². The average molecular weight is 188 g/mol. The molecule has 14 heavy (non-hydrogen) atoms. The Morgan fingerprint density at radius 1 is 1.36 bits per heavy atom. The van der Waals surface area contributed by atoms with Crippen LogP contribution in [0.3, 0.4) is 0 Å². The van der Waals surface area contributed by atoms with Crippen molar-refractivity contribution in [3.8, 4) is 6.07 Å². The Morgan fingerprint density at radius 3 is 2.71 bits per heavy atom. The summed E-state index contributed by atoms with van der Waals surface area (Å²) in [5.74, 6) is 0.647. The van der Waals surface area contributed by atoms with Crippen LogP contribution < -0.4 is 0 Å². The Balaban J connectivity index is 1.99. The SMILES string of the molecule is N#CCc1nnn(C2CC2)c1C1CC1. The van der Waals surface area contributed by atoms with E-state index in [2.05, 4.69) is 21.1 Å². The van der Waals surface area contributed by atoms with Gasteiger partial charge in [-0.2, -0.15) is 5.26 Å². The largest absolute Gasteiger partial charge is 0.246 e. The average Bonchev–Trinajstić information content (AvgIpc) is 3.07. The van der Waals surface area contributed by atoms with Crippen molar-refractivity contribution in [3.05, 3.63) is 11.4 Å². The van der Waals surface area contributed by atoms with Gasteiger partial charge in [-0.1, -0.05) is 5.21 Å². The first-order valence-corrected chi connectivity index (χ1v) is 5.21. The van der Waals surface area contributed by atoms with E-state index >= 15 is 0 Å². The lowest BCUT2D eigenvalue weighted by atomic mass is 10.2. The highest BCUT2D eigenvalue weighted by atomic mass is 15.5. The summed E-state index contributed by atoms with van der Waals surface area (Å²) in [5, 5.41) is 17.0. The van der Waals surface area contributed by atoms with Gasteiger partial charge in [0.05, 0.1) is 24.2 Å². The molecule has 3 rings (SSSR count). The predicted octanol–water partition coefficient (Wildman–Crippen LogP) is 1.56. The maximum atomic E-state index is 8.68. The highest BCUT2D eigenvalue weighted by Crippen LogP contribution is 2.45. The lowest BCUT2D eigenvalue weighted by Gasteiger charge is -2.03. The standard InChI is InChI=1S/C10H12N4/c11-6-5-9-10(7-1-2-7)14(13-12-9)8-3-4-8/h7-8H,1-5H2. The van der Waals surface area contributed by atoms with Crippen LogP contribution in [-0.2, 0) is 6.42 Å². The van der Waals surface area contributed by atoms with Crippen molar-refractivity contribution in [1.82, 2.24) is 15.0 Å². The van der Waals surface area contributed by atoms with Crippen LogP contribution in [0.5, 0.6) is 0 Å². The van der Waals surface area contributed by atoms with E-state index in [9.17, 15) is 0 Å². The minimum atomic E-state index is 0.415. The first-order chi connectivity index (χ1) is 6.90. The van der Waals surface area contributed by atoms with E-state index in [0.29, 0.717) is 18.4 Å². The van der Waals surface area contributed by atoms with Crippen molar-refractivity contribution in [2.45, 2.75) is 44.1 Å². The van der Waals surface area contributed by atoms with Gasteiger partial charge in [0.15, 0.2) is 0 Å². The van der Waals surface area contributed by atoms with Crippen LogP contribution in [0.15, 0.2) is 0 Å². The molecule has 0 bridgehead atoms. The summed E-state index contributed by atoms with van der Waals surface area (Å²) in [6.07, 6.45) is 5.37. The van der Waals surface area contributed by atoms with Crippen LogP contribution >= 0.6 is 0 Å². The van der Waals surface area contributed by atoms with Gasteiger partial charge in [0.1, 0.15) is 5.69 Å². The van der Waals surface area contributed by atoms with Gasteiger partial charge in [0, 0.05) is 5.92 Å². The van der Waals surface area contributed by atoms with Crippen LogP contribution in [0.4, 0.5) is 0 Å². The first kappa shape index (κ1) is 7.98. The van der Waals surface area contributed by atoms with Crippen molar-refractivity contribution in [2.75, 3.05) is 0 Å². The predicted molar refractivity (Wildman–Crippen MR) is 49.6 cm³/mol. The first-order valence-electron chi connectivity index (χ1n) is 5.21. The lowest BCUT2D eigenvalue weighted by Crippen LogP contribution is -2.02. The van der Waals surface area contributed by atoms with E-state index in [4.69, 9.17) is 5.26 Å². The molecular weight excluding hydrogens is 176 g/mol. The molecule has 4 nitrogen and oxygen atoms in total. The molecule has 0 aliphatic heterocycles. The molecule has 1 aromatic heterocycles. The lowest BCUT2D eigenvalue weighted by molar-refractivity contribution is 0.583. The number of rotatable bonds is 3. The fourth-order valence-electron chi connectivity index (χ4n) is 1.90. The molecule has 0 radical (unpaired) electrons. The second-order valence-electron chi connectivity index (χ2n) is 4.21. The molecule has 0 amide bonds. The molecule has 0 N–H and O–H groups in total. The normalized spacial score (nSPS) is 20.8. The molecule has 0 aromatic carbocycles. The Hall–Kier alpha value is -1.37. The van der Waals surface area contributed by atoms with Crippen LogP contribution in [0, 0.1) is 11.3 Å². The number of nitriles is 1. The fraction of sp³-hybridized carbons (Fsp3) is 0.700. The van der Waals surface area contributed by atoms with Gasteiger partial charge >= 0.3 is 0 Å². The Labute approximate surface area is 82.5 Å². The maximum absolute atomic E-state index is 8.68. The summed E-state index contributed by atoms with van der Waals surface area (Å²) in [7, 11) is 0. The summed E-state index contributed by atoms with van der Waals surface area (Å²) in [6, 6.07) is 2.75. The van der Waals surface area contributed by atoms with Gasteiger partial charge in [-0.3, -0.25) is 0 Å². The molecule has 0 saturated heterocycles. The van der Waals surface area contributed by atoms with Crippen molar-refractivity contribution < 1.29 is 0 Å². The van der Waals surface area contributed by atoms with Gasteiger partial charge in [-0.05, 0) is 25.7 Å².